The average molecular weight is 174 g/mol. The first kappa shape index (κ1) is 9.92. The maximum absolute atomic E-state index is 8.86. The molecule has 1 rings (SSSR count). The normalized spacial score (nSPS) is 31.8. The van der Waals surface area contributed by atoms with E-state index in [4.69, 9.17) is 9.84 Å². The molecule has 1 fully saturated rings. The predicted molar refractivity (Wildman–Crippen MR) is 46.4 cm³/mol. The summed E-state index contributed by atoms with van der Waals surface area (Å²) >= 11 is 0. The van der Waals surface area contributed by atoms with Crippen LogP contribution in [0.4, 0.5) is 0 Å². The van der Waals surface area contributed by atoms with E-state index in [1.165, 1.54) is 0 Å². The number of hydrogen-bond donors (Lipinski definition) is 2. The highest BCUT2D eigenvalue weighted by atomic mass is 16.5. The van der Waals surface area contributed by atoms with Crippen LogP contribution in [-0.4, -0.2) is 41.6 Å². The number of hydrazine groups is 1. The van der Waals surface area contributed by atoms with Gasteiger partial charge in [-0.1, -0.05) is 0 Å². The molecule has 1 heterocycles. The molecule has 1 aliphatic heterocycles. The molecule has 1 aliphatic rings. The monoisotopic (exact) mass is 174 g/mol. The summed E-state index contributed by atoms with van der Waals surface area (Å²) in [7, 11) is 0. The van der Waals surface area contributed by atoms with Crippen molar-refractivity contribution in [3.63, 3.8) is 0 Å². The molecule has 2 atom stereocenters. The lowest BCUT2D eigenvalue weighted by atomic mass is 10.4. The standard InChI is InChI=1S/C8H18N2O2/c1-6(2)9-10-4-8(5-11)12-7(10)3/h6-9,11H,4-5H2,1-3H3. The highest BCUT2D eigenvalue weighted by Gasteiger charge is 2.29. The molecule has 1 saturated heterocycles. The number of aliphatic hydroxyl groups excluding tert-OH is 1. The van der Waals surface area contributed by atoms with Gasteiger partial charge in [0.2, 0.25) is 0 Å². The van der Waals surface area contributed by atoms with Crippen molar-refractivity contribution in [1.82, 2.24) is 10.4 Å². The van der Waals surface area contributed by atoms with Crippen LogP contribution in [0.15, 0.2) is 0 Å². The smallest absolute Gasteiger partial charge is 0.120 e. The largest absolute Gasteiger partial charge is 0.394 e. The number of rotatable bonds is 3. The molecule has 0 aromatic heterocycles. The Bertz CT molecular complexity index is 141. The minimum absolute atomic E-state index is 0.0359. The second kappa shape index (κ2) is 4.18. The van der Waals surface area contributed by atoms with E-state index in [1.54, 1.807) is 0 Å². The van der Waals surface area contributed by atoms with Gasteiger partial charge in [-0.05, 0) is 20.8 Å². The van der Waals surface area contributed by atoms with Crippen LogP contribution in [0.5, 0.6) is 0 Å². The average Bonchev–Trinajstić information content (AvgIpc) is 2.31. The van der Waals surface area contributed by atoms with Crippen LogP contribution >= 0.6 is 0 Å². The summed E-state index contributed by atoms with van der Waals surface area (Å²) in [6, 6.07) is 0.411. The van der Waals surface area contributed by atoms with Crippen molar-refractivity contribution in [2.45, 2.75) is 39.1 Å². The summed E-state index contributed by atoms with van der Waals surface area (Å²) in [5.41, 5.74) is 3.25. The molecule has 0 bridgehead atoms. The highest BCUT2D eigenvalue weighted by molar-refractivity contribution is 4.72. The van der Waals surface area contributed by atoms with Gasteiger partial charge in [0, 0.05) is 12.6 Å². The van der Waals surface area contributed by atoms with Crippen LogP contribution < -0.4 is 5.43 Å². The third-order valence-electron chi connectivity index (χ3n) is 1.86. The third-order valence-corrected chi connectivity index (χ3v) is 1.86. The maximum Gasteiger partial charge on any atom is 0.120 e. The molecule has 0 aliphatic carbocycles. The summed E-state index contributed by atoms with van der Waals surface area (Å²) in [5, 5.41) is 10.9. The molecule has 4 heteroatoms. The van der Waals surface area contributed by atoms with Gasteiger partial charge in [-0.3, -0.25) is 5.43 Å². The predicted octanol–water partition coefficient (Wildman–Crippen LogP) is -0.0615. The first-order chi connectivity index (χ1) is 5.63. The fraction of sp³-hybridized carbons (Fsp3) is 1.00. The van der Waals surface area contributed by atoms with Crippen LogP contribution in [0.25, 0.3) is 0 Å². The minimum atomic E-state index is -0.0359. The van der Waals surface area contributed by atoms with E-state index in [-0.39, 0.29) is 18.9 Å². The Balaban J connectivity index is 2.35. The van der Waals surface area contributed by atoms with Crippen LogP contribution in [0.1, 0.15) is 20.8 Å². The second-order valence-corrected chi connectivity index (χ2v) is 3.48. The van der Waals surface area contributed by atoms with Crippen LogP contribution in [0.2, 0.25) is 0 Å². The molecule has 0 aromatic carbocycles. The van der Waals surface area contributed by atoms with E-state index >= 15 is 0 Å². The fourth-order valence-corrected chi connectivity index (χ4v) is 1.35. The van der Waals surface area contributed by atoms with Gasteiger partial charge < -0.3 is 9.84 Å². The van der Waals surface area contributed by atoms with Gasteiger partial charge in [0.1, 0.15) is 6.23 Å². The first-order valence-corrected chi connectivity index (χ1v) is 4.42. The first-order valence-electron chi connectivity index (χ1n) is 4.42. The molecule has 0 radical (unpaired) electrons. The zero-order valence-electron chi connectivity index (χ0n) is 7.95. The van der Waals surface area contributed by atoms with Crippen LogP contribution in [0, 0.1) is 0 Å². The van der Waals surface area contributed by atoms with Gasteiger partial charge in [0.15, 0.2) is 0 Å². The molecule has 2 unspecified atom stereocenters. The topological polar surface area (TPSA) is 44.7 Å². The number of hydrogen-bond acceptors (Lipinski definition) is 4. The Morgan fingerprint density at radius 3 is 2.75 bits per heavy atom. The van der Waals surface area contributed by atoms with Gasteiger partial charge in [-0.2, -0.15) is 0 Å². The maximum atomic E-state index is 8.86. The summed E-state index contributed by atoms with van der Waals surface area (Å²) in [4.78, 5) is 0. The molecule has 72 valence electrons. The van der Waals surface area contributed by atoms with Gasteiger partial charge >= 0.3 is 0 Å². The van der Waals surface area contributed by atoms with E-state index in [2.05, 4.69) is 19.3 Å². The van der Waals surface area contributed by atoms with Crippen molar-refractivity contribution in [3.05, 3.63) is 0 Å². The Morgan fingerprint density at radius 1 is 1.67 bits per heavy atom. The van der Waals surface area contributed by atoms with Crippen LogP contribution in [-0.2, 0) is 4.74 Å². The van der Waals surface area contributed by atoms with E-state index in [0.717, 1.165) is 6.54 Å². The Labute approximate surface area is 73.5 Å². The summed E-state index contributed by atoms with van der Waals surface area (Å²) in [5.74, 6) is 0. The molecule has 0 aromatic rings. The Morgan fingerprint density at radius 2 is 2.33 bits per heavy atom. The van der Waals surface area contributed by atoms with E-state index in [9.17, 15) is 0 Å². The highest BCUT2D eigenvalue weighted by Crippen LogP contribution is 2.12. The molecule has 0 saturated carbocycles. The van der Waals surface area contributed by atoms with Crippen molar-refractivity contribution in [3.8, 4) is 0 Å². The van der Waals surface area contributed by atoms with Gasteiger partial charge in [-0.25, -0.2) is 5.01 Å². The Hall–Kier alpha value is -0.160. The number of aliphatic hydroxyl groups is 1. The lowest BCUT2D eigenvalue weighted by molar-refractivity contribution is -0.0221. The molecule has 0 amide bonds. The van der Waals surface area contributed by atoms with Crippen molar-refractivity contribution in [1.29, 1.82) is 0 Å². The lowest BCUT2D eigenvalue weighted by Crippen LogP contribution is -2.44. The number of ether oxygens (including phenoxy) is 1. The summed E-state index contributed by atoms with van der Waals surface area (Å²) in [6.45, 7) is 7.00. The number of nitrogens with zero attached hydrogens (tertiary/aromatic N) is 1. The second-order valence-electron chi connectivity index (χ2n) is 3.48. The quantitative estimate of drug-likeness (QED) is 0.629. The number of nitrogens with one attached hydrogen (secondary N) is 1. The molecular formula is C8H18N2O2. The zero-order chi connectivity index (χ0) is 9.14. The summed E-state index contributed by atoms with van der Waals surface area (Å²) < 4.78 is 5.44. The molecular weight excluding hydrogens is 156 g/mol. The minimum Gasteiger partial charge on any atom is -0.394 e. The molecule has 12 heavy (non-hydrogen) atoms. The lowest BCUT2D eigenvalue weighted by Gasteiger charge is -2.22. The summed E-state index contributed by atoms with van der Waals surface area (Å²) in [6.07, 6.45) is 0.0239. The van der Waals surface area contributed by atoms with E-state index in [0.29, 0.717) is 6.04 Å². The molecule has 4 nitrogen and oxygen atoms in total. The van der Waals surface area contributed by atoms with Crippen molar-refractivity contribution in [2.24, 2.45) is 0 Å². The van der Waals surface area contributed by atoms with Crippen molar-refractivity contribution >= 4 is 0 Å². The SMILES string of the molecule is CC(C)NN1CC(CO)OC1C. The zero-order valence-corrected chi connectivity index (χ0v) is 7.95. The van der Waals surface area contributed by atoms with Crippen molar-refractivity contribution in [2.75, 3.05) is 13.2 Å². The third kappa shape index (κ3) is 2.42. The fourth-order valence-electron chi connectivity index (χ4n) is 1.35. The molecule has 0 spiro atoms. The van der Waals surface area contributed by atoms with Crippen LogP contribution in [0.3, 0.4) is 0 Å². The van der Waals surface area contributed by atoms with Gasteiger partial charge in [-0.15, -0.1) is 0 Å². The molecule has 2 N–H and O–H groups in total. The van der Waals surface area contributed by atoms with Crippen molar-refractivity contribution < 1.29 is 9.84 Å². The van der Waals surface area contributed by atoms with Gasteiger partial charge in [0.05, 0.1) is 12.7 Å². The van der Waals surface area contributed by atoms with E-state index in [1.807, 2.05) is 11.9 Å². The Kier molecular flexibility index (Phi) is 3.46. The van der Waals surface area contributed by atoms with E-state index < -0.39 is 0 Å². The van der Waals surface area contributed by atoms with Gasteiger partial charge in [0.25, 0.3) is 0 Å².